The first-order valence-corrected chi connectivity index (χ1v) is 4.51. The summed E-state index contributed by atoms with van der Waals surface area (Å²) >= 11 is 0. The van der Waals surface area contributed by atoms with Crippen LogP contribution in [0.15, 0.2) is 36.9 Å². The van der Waals surface area contributed by atoms with Crippen LogP contribution in [0.4, 0.5) is 5.69 Å². The van der Waals surface area contributed by atoms with Crippen LogP contribution in [0, 0.1) is 0 Å². The fraction of sp³-hybridized carbons (Fsp3) is 0.364. The zero-order valence-electron chi connectivity index (χ0n) is 9.03. The molecule has 0 saturated heterocycles. The van der Waals surface area contributed by atoms with Crippen molar-refractivity contribution < 1.29 is 9.30 Å². The van der Waals surface area contributed by atoms with Gasteiger partial charge in [-0.1, -0.05) is 6.58 Å². The van der Waals surface area contributed by atoms with Gasteiger partial charge in [-0.15, -0.1) is 0 Å². The molecule has 0 N–H and O–H groups in total. The first-order valence-electron chi connectivity index (χ1n) is 4.51. The number of pyridine rings is 1. The maximum absolute atomic E-state index is 5.01. The zero-order chi connectivity index (χ0) is 10.6. The van der Waals surface area contributed by atoms with Gasteiger partial charge in [0.25, 0.3) is 0 Å². The minimum Gasteiger partial charge on any atom is -0.495 e. The summed E-state index contributed by atoms with van der Waals surface area (Å²) in [7, 11) is 5.68. The van der Waals surface area contributed by atoms with Gasteiger partial charge in [0.1, 0.15) is 0 Å². The summed E-state index contributed by atoms with van der Waals surface area (Å²) in [5, 5.41) is 0. The van der Waals surface area contributed by atoms with Crippen LogP contribution in [-0.4, -0.2) is 21.2 Å². The topological polar surface area (TPSA) is 16.4 Å². The van der Waals surface area contributed by atoms with Gasteiger partial charge in [-0.3, -0.25) is 0 Å². The monoisotopic (exact) mass is 193 g/mol. The van der Waals surface area contributed by atoms with Gasteiger partial charge in [0, 0.05) is 31.9 Å². The largest absolute Gasteiger partial charge is 0.495 e. The van der Waals surface area contributed by atoms with Crippen molar-refractivity contribution in [2.45, 2.75) is 6.54 Å². The second-order valence-corrected chi connectivity index (χ2v) is 3.37. The van der Waals surface area contributed by atoms with E-state index in [1.807, 2.05) is 31.1 Å². The average molecular weight is 193 g/mol. The van der Waals surface area contributed by atoms with E-state index in [4.69, 9.17) is 4.74 Å². The maximum Gasteiger partial charge on any atom is 0.204 e. The standard InChI is InChI=1S/C11H17N2O/c1-10(14-4)9-13-7-5-11(6-8-13)12(2)3/h5-8H,1,9H2,2-4H3/q+1. The van der Waals surface area contributed by atoms with Crippen LogP contribution in [0.2, 0.25) is 0 Å². The summed E-state index contributed by atoms with van der Waals surface area (Å²) in [5.41, 5.74) is 1.18. The molecule has 0 spiro atoms. The van der Waals surface area contributed by atoms with Gasteiger partial charge in [-0.25, -0.2) is 0 Å². The van der Waals surface area contributed by atoms with Crippen molar-refractivity contribution in [3.63, 3.8) is 0 Å². The third kappa shape index (κ3) is 2.76. The lowest BCUT2D eigenvalue weighted by molar-refractivity contribution is -0.691. The molecule has 14 heavy (non-hydrogen) atoms. The van der Waals surface area contributed by atoms with Crippen LogP contribution < -0.4 is 9.47 Å². The van der Waals surface area contributed by atoms with Crippen LogP contribution in [0.5, 0.6) is 0 Å². The fourth-order valence-corrected chi connectivity index (χ4v) is 1.12. The Labute approximate surface area is 85.2 Å². The maximum atomic E-state index is 5.01. The lowest BCUT2D eigenvalue weighted by atomic mass is 10.3. The molecule has 3 nitrogen and oxygen atoms in total. The Balaban J connectivity index is 2.69. The molecule has 0 aliphatic carbocycles. The Morgan fingerprint density at radius 2 is 2.00 bits per heavy atom. The SMILES string of the molecule is C=C(C[n+]1ccc(N(C)C)cc1)OC. The molecule has 0 bridgehead atoms. The van der Waals surface area contributed by atoms with Crippen LogP contribution in [0.1, 0.15) is 0 Å². The number of nitrogens with zero attached hydrogens (tertiary/aromatic N) is 2. The number of hydrogen-bond donors (Lipinski definition) is 0. The summed E-state index contributed by atoms with van der Waals surface area (Å²) in [4.78, 5) is 2.06. The average Bonchev–Trinajstić information content (AvgIpc) is 2.18. The van der Waals surface area contributed by atoms with Crippen molar-refractivity contribution >= 4 is 5.69 Å². The lowest BCUT2D eigenvalue weighted by Crippen LogP contribution is -2.34. The van der Waals surface area contributed by atoms with E-state index >= 15 is 0 Å². The first-order chi connectivity index (χ1) is 6.63. The van der Waals surface area contributed by atoms with Crippen molar-refractivity contribution in [3.05, 3.63) is 36.9 Å². The van der Waals surface area contributed by atoms with Crippen molar-refractivity contribution in [2.24, 2.45) is 0 Å². The highest BCUT2D eigenvalue weighted by molar-refractivity contribution is 5.41. The van der Waals surface area contributed by atoms with Crippen molar-refractivity contribution in [3.8, 4) is 0 Å². The quantitative estimate of drug-likeness (QED) is 0.528. The van der Waals surface area contributed by atoms with E-state index < -0.39 is 0 Å². The highest BCUT2D eigenvalue weighted by Crippen LogP contribution is 2.06. The molecule has 0 unspecified atom stereocenters. The summed E-state index contributed by atoms with van der Waals surface area (Å²) in [6, 6.07) is 4.12. The van der Waals surface area contributed by atoms with Crippen LogP contribution in [0.25, 0.3) is 0 Å². The number of allylic oxidation sites excluding steroid dienone is 1. The number of rotatable bonds is 4. The molecule has 1 aromatic heterocycles. The zero-order valence-corrected chi connectivity index (χ0v) is 9.03. The minimum atomic E-state index is 0.699. The Morgan fingerprint density at radius 1 is 1.43 bits per heavy atom. The molecule has 1 rings (SSSR count). The van der Waals surface area contributed by atoms with Gasteiger partial charge >= 0.3 is 0 Å². The van der Waals surface area contributed by atoms with Crippen molar-refractivity contribution in [2.75, 3.05) is 26.1 Å². The smallest absolute Gasteiger partial charge is 0.204 e. The Kier molecular flexibility index (Phi) is 3.51. The molecule has 0 radical (unpaired) electrons. The fourth-order valence-electron chi connectivity index (χ4n) is 1.12. The number of aromatic nitrogens is 1. The molecule has 0 aliphatic rings. The lowest BCUT2D eigenvalue weighted by Gasteiger charge is -2.10. The molecule has 0 saturated carbocycles. The second-order valence-electron chi connectivity index (χ2n) is 3.37. The number of anilines is 1. The van der Waals surface area contributed by atoms with Gasteiger partial charge in [0.15, 0.2) is 18.2 Å². The third-order valence-corrected chi connectivity index (χ3v) is 2.04. The Bertz CT molecular complexity index is 304. The second kappa shape index (κ2) is 4.65. The normalized spacial score (nSPS) is 9.64. The van der Waals surface area contributed by atoms with Gasteiger partial charge < -0.3 is 9.64 Å². The highest BCUT2D eigenvalue weighted by atomic mass is 16.5. The molecule has 1 heterocycles. The summed E-state index contributed by atoms with van der Waals surface area (Å²) < 4.78 is 7.03. The van der Waals surface area contributed by atoms with E-state index in [0.717, 1.165) is 5.76 Å². The number of ether oxygens (including phenoxy) is 1. The predicted molar refractivity (Wildman–Crippen MR) is 57.1 cm³/mol. The van der Waals surface area contributed by atoms with E-state index in [2.05, 4.69) is 23.6 Å². The van der Waals surface area contributed by atoms with Gasteiger partial charge in [-0.2, -0.15) is 4.57 Å². The molecular weight excluding hydrogens is 176 g/mol. The Hall–Kier alpha value is -1.51. The third-order valence-electron chi connectivity index (χ3n) is 2.04. The number of hydrogen-bond acceptors (Lipinski definition) is 2. The molecular formula is C11H17N2O+. The molecule has 0 aliphatic heterocycles. The highest BCUT2D eigenvalue weighted by Gasteiger charge is 2.03. The van der Waals surface area contributed by atoms with Crippen LogP contribution >= 0.6 is 0 Å². The van der Waals surface area contributed by atoms with Crippen LogP contribution in [-0.2, 0) is 11.3 Å². The van der Waals surface area contributed by atoms with Crippen molar-refractivity contribution in [1.29, 1.82) is 0 Å². The first kappa shape index (κ1) is 10.6. The summed E-state index contributed by atoms with van der Waals surface area (Å²) in [5.74, 6) is 0.757. The van der Waals surface area contributed by atoms with E-state index in [1.54, 1.807) is 7.11 Å². The van der Waals surface area contributed by atoms with E-state index in [9.17, 15) is 0 Å². The molecule has 0 atom stereocenters. The molecule has 0 amide bonds. The van der Waals surface area contributed by atoms with Gasteiger partial charge in [0.05, 0.1) is 7.11 Å². The summed E-state index contributed by atoms with van der Waals surface area (Å²) in [6.07, 6.45) is 4.03. The molecule has 1 aromatic rings. The Morgan fingerprint density at radius 3 is 2.43 bits per heavy atom. The van der Waals surface area contributed by atoms with E-state index in [1.165, 1.54) is 5.69 Å². The number of methoxy groups -OCH3 is 1. The molecule has 76 valence electrons. The van der Waals surface area contributed by atoms with Gasteiger partial charge in [0.2, 0.25) is 6.54 Å². The summed E-state index contributed by atoms with van der Waals surface area (Å²) in [6.45, 7) is 4.47. The van der Waals surface area contributed by atoms with E-state index in [0.29, 0.717) is 6.54 Å². The molecule has 0 fully saturated rings. The molecule has 3 heteroatoms. The van der Waals surface area contributed by atoms with Crippen LogP contribution in [0.3, 0.4) is 0 Å². The van der Waals surface area contributed by atoms with Gasteiger partial charge in [-0.05, 0) is 0 Å². The minimum absolute atomic E-state index is 0.699. The molecule has 0 aromatic carbocycles. The van der Waals surface area contributed by atoms with Crippen molar-refractivity contribution in [1.82, 2.24) is 0 Å². The predicted octanol–water partition coefficient (Wildman–Crippen LogP) is 1.20. The van der Waals surface area contributed by atoms with E-state index in [-0.39, 0.29) is 0 Å².